The zero-order valence-corrected chi connectivity index (χ0v) is 15.0. The molecule has 4 nitrogen and oxygen atoms in total. The van der Waals surface area contributed by atoms with Crippen LogP contribution in [0.5, 0.6) is 0 Å². The topological polar surface area (TPSA) is 54.9 Å². The number of nitrogens with zero attached hydrogens (tertiary/aromatic N) is 2. The highest BCUT2D eigenvalue weighted by molar-refractivity contribution is 7.99. The molecule has 1 saturated carbocycles. The summed E-state index contributed by atoms with van der Waals surface area (Å²) in [6.45, 7) is 3.71. The van der Waals surface area contributed by atoms with Gasteiger partial charge in [0.25, 0.3) is 0 Å². The van der Waals surface area contributed by atoms with E-state index < -0.39 is 9.75 Å². The lowest BCUT2D eigenvalue weighted by Gasteiger charge is -2.14. The van der Waals surface area contributed by atoms with E-state index in [2.05, 4.69) is 15.3 Å². The first-order valence-corrected chi connectivity index (χ1v) is 8.64. The Morgan fingerprint density at radius 1 is 1.30 bits per heavy atom. The van der Waals surface area contributed by atoms with Gasteiger partial charge in [0.15, 0.2) is 5.16 Å². The van der Waals surface area contributed by atoms with Gasteiger partial charge < -0.3 is 5.32 Å². The van der Waals surface area contributed by atoms with E-state index in [0.717, 1.165) is 16.1 Å². The molecule has 120 valence electrons. The Morgan fingerprint density at radius 3 is 2.52 bits per heavy atom. The normalized spacial score (nSPS) is 21.7. The lowest BCUT2D eigenvalue weighted by Crippen LogP contribution is -2.26. The van der Waals surface area contributed by atoms with E-state index in [1.807, 2.05) is 25.1 Å². The Labute approximate surface area is 149 Å². The molecule has 1 aliphatic carbocycles. The van der Waals surface area contributed by atoms with Crippen molar-refractivity contribution in [1.82, 2.24) is 9.97 Å². The number of alkyl halides is 2. The van der Waals surface area contributed by atoms with Crippen molar-refractivity contribution in [2.45, 2.75) is 34.7 Å². The number of carbonyl (C=O) groups is 1. The fourth-order valence-electron chi connectivity index (χ4n) is 2.19. The molecule has 7 heteroatoms. The standard InChI is InChI=1S/C16H15Cl2N3OS/c1-10-8-11(23-14-19-6-3-7-20-14)4-5-12(10)21-13(22)15(2)9-16(15,17)18/h3-8H,9H2,1-2H3,(H,21,22)/t15-/m0/s1. The van der Waals surface area contributed by atoms with Crippen LogP contribution in [0, 0.1) is 12.3 Å². The van der Waals surface area contributed by atoms with Gasteiger partial charge in [-0.15, -0.1) is 23.2 Å². The molecule has 1 atom stereocenters. The van der Waals surface area contributed by atoms with Crippen molar-refractivity contribution >= 4 is 46.6 Å². The van der Waals surface area contributed by atoms with Crippen LogP contribution in [0.2, 0.25) is 0 Å². The van der Waals surface area contributed by atoms with Crippen molar-refractivity contribution in [2.24, 2.45) is 5.41 Å². The smallest absolute Gasteiger partial charge is 0.233 e. The van der Waals surface area contributed by atoms with Crippen molar-refractivity contribution in [1.29, 1.82) is 0 Å². The van der Waals surface area contributed by atoms with Crippen LogP contribution in [0.4, 0.5) is 5.69 Å². The quantitative estimate of drug-likeness (QED) is 0.640. The zero-order chi connectivity index (χ0) is 16.7. The summed E-state index contributed by atoms with van der Waals surface area (Å²) in [5.74, 6) is -0.155. The highest BCUT2D eigenvalue weighted by Gasteiger charge is 2.67. The largest absolute Gasteiger partial charge is 0.325 e. The van der Waals surface area contributed by atoms with Crippen molar-refractivity contribution in [3.05, 3.63) is 42.2 Å². The molecule has 23 heavy (non-hydrogen) atoms. The SMILES string of the molecule is Cc1cc(Sc2ncccn2)ccc1NC(=O)[C@]1(C)CC1(Cl)Cl. The highest BCUT2D eigenvalue weighted by Crippen LogP contribution is 2.64. The molecule has 0 saturated heterocycles. The third-order valence-corrected chi connectivity index (χ3v) is 5.94. The van der Waals surface area contributed by atoms with E-state index in [1.54, 1.807) is 25.4 Å². The zero-order valence-electron chi connectivity index (χ0n) is 12.6. The molecule has 3 rings (SSSR count). The molecule has 0 spiro atoms. The number of hydrogen-bond acceptors (Lipinski definition) is 4. The number of nitrogens with one attached hydrogen (secondary N) is 1. The summed E-state index contributed by atoms with van der Waals surface area (Å²) in [6.07, 6.45) is 3.88. The summed E-state index contributed by atoms with van der Waals surface area (Å²) in [6, 6.07) is 7.56. The van der Waals surface area contributed by atoms with Gasteiger partial charge in [-0.2, -0.15) is 0 Å². The van der Waals surface area contributed by atoms with E-state index in [0.29, 0.717) is 11.6 Å². The minimum Gasteiger partial charge on any atom is -0.325 e. The number of aromatic nitrogens is 2. The first-order valence-electron chi connectivity index (χ1n) is 7.07. The van der Waals surface area contributed by atoms with Gasteiger partial charge in [-0.05, 0) is 61.9 Å². The Kier molecular flexibility index (Phi) is 4.29. The van der Waals surface area contributed by atoms with Crippen LogP contribution in [-0.4, -0.2) is 20.2 Å². The highest BCUT2D eigenvalue weighted by atomic mass is 35.5. The van der Waals surface area contributed by atoms with E-state index >= 15 is 0 Å². The Balaban J connectivity index is 1.72. The molecular weight excluding hydrogens is 353 g/mol. The summed E-state index contributed by atoms with van der Waals surface area (Å²) in [5, 5.41) is 3.59. The minimum atomic E-state index is -0.967. The molecule has 0 unspecified atom stereocenters. The van der Waals surface area contributed by atoms with Gasteiger partial charge >= 0.3 is 0 Å². The third-order valence-electron chi connectivity index (χ3n) is 3.96. The molecule has 1 aromatic carbocycles. The second-order valence-corrected chi connectivity index (χ2v) is 8.30. The number of rotatable bonds is 4. The molecule has 1 aromatic heterocycles. The average molecular weight is 368 g/mol. The van der Waals surface area contributed by atoms with Crippen LogP contribution >= 0.6 is 35.0 Å². The van der Waals surface area contributed by atoms with Crippen molar-refractivity contribution in [3.63, 3.8) is 0 Å². The number of carbonyl (C=O) groups excluding carboxylic acids is 1. The van der Waals surface area contributed by atoms with Gasteiger partial charge in [0.05, 0.1) is 5.41 Å². The van der Waals surface area contributed by atoms with Crippen molar-refractivity contribution in [3.8, 4) is 0 Å². The number of benzene rings is 1. The van der Waals surface area contributed by atoms with E-state index in [1.165, 1.54) is 11.8 Å². The Morgan fingerprint density at radius 2 is 1.96 bits per heavy atom. The van der Waals surface area contributed by atoms with Crippen LogP contribution in [0.1, 0.15) is 18.9 Å². The first-order chi connectivity index (χ1) is 10.8. The molecule has 1 heterocycles. The maximum Gasteiger partial charge on any atom is 0.233 e. The Bertz CT molecular complexity index is 754. The van der Waals surface area contributed by atoms with Crippen molar-refractivity contribution in [2.75, 3.05) is 5.32 Å². The maximum atomic E-state index is 12.3. The van der Waals surface area contributed by atoms with Gasteiger partial charge in [-0.25, -0.2) is 9.97 Å². The van der Waals surface area contributed by atoms with E-state index in [-0.39, 0.29) is 5.91 Å². The second kappa shape index (κ2) is 5.96. The van der Waals surface area contributed by atoms with Crippen LogP contribution in [0.3, 0.4) is 0 Å². The van der Waals surface area contributed by atoms with Crippen molar-refractivity contribution < 1.29 is 4.79 Å². The molecule has 0 bridgehead atoms. The van der Waals surface area contributed by atoms with Gasteiger partial charge in [-0.1, -0.05) is 0 Å². The first kappa shape index (κ1) is 16.6. The molecule has 0 radical (unpaired) electrons. The van der Waals surface area contributed by atoms with Crippen LogP contribution in [0.15, 0.2) is 46.7 Å². The number of hydrogen-bond donors (Lipinski definition) is 1. The van der Waals surface area contributed by atoms with Gasteiger partial charge in [0, 0.05) is 23.0 Å². The summed E-state index contributed by atoms with van der Waals surface area (Å²) in [7, 11) is 0. The van der Waals surface area contributed by atoms with E-state index in [9.17, 15) is 4.79 Å². The monoisotopic (exact) mass is 367 g/mol. The molecule has 2 aromatic rings. The van der Waals surface area contributed by atoms with E-state index in [4.69, 9.17) is 23.2 Å². The summed E-state index contributed by atoms with van der Waals surface area (Å²) in [4.78, 5) is 21.7. The van der Waals surface area contributed by atoms with Gasteiger partial charge in [-0.3, -0.25) is 4.79 Å². The van der Waals surface area contributed by atoms with Crippen LogP contribution < -0.4 is 5.32 Å². The number of amides is 1. The molecule has 1 aliphatic rings. The minimum absolute atomic E-state index is 0.155. The molecule has 0 aliphatic heterocycles. The maximum absolute atomic E-state index is 12.3. The fraction of sp³-hybridized carbons (Fsp3) is 0.312. The molecule has 1 amide bonds. The van der Waals surface area contributed by atoms with Gasteiger partial charge in [0.1, 0.15) is 4.33 Å². The predicted molar refractivity (Wildman–Crippen MR) is 93.1 cm³/mol. The number of anilines is 1. The lowest BCUT2D eigenvalue weighted by molar-refractivity contribution is -0.120. The summed E-state index contributed by atoms with van der Waals surface area (Å²) < 4.78 is -0.967. The summed E-state index contributed by atoms with van der Waals surface area (Å²) in [5.41, 5.74) is 0.984. The predicted octanol–water partition coefficient (Wildman–Crippen LogP) is 4.46. The third kappa shape index (κ3) is 3.32. The Hall–Kier alpha value is -1.30. The number of aryl methyl sites for hydroxylation is 1. The second-order valence-electron chi connectivity index (χ2n) is 5.78. The molecular formula is C16H15Cl2N3OS. The van der Waals surface area contributed by atoms with Crippen LogP contribution in [0.25, 0.3) is 0 Å². The van der Waals surface area contributed by atoms with Gasteiger partial charge in [0.2, 0.25) is 5.91 Å². The molecule has 1 fully saturated rings. The molecule has 1 N–H and O–H groups in total. The summed E-state index contributed by atoms with van der Waals surface area (Å²) >= 11 is 13.6. The average Bonchev–Trinajstić information content (AvgIpc) is 3.03. The fourth-order valence-corrected chi connectivity index (χ4v) is 3.71. The lowest BCUT2D eigenvalue weighted by atomic mass is 10.1. The number of halogens is 2. The van der Waals surface area contributed by atoms with Crippen LogP contribution in [-0.2, 0) is 4.79 Å².